The summed E-state index contributed by atoms with van der Waals surface area (Å²) < 4.78 is 0. The Kier molecular flexibility index (Phi) is 1.90. The lowest BCUT2D eigenvalue weighted by Gasteiger charge is -2.31. The first-order valence-electron chi connectivity index (χ1n) is 4.75. The highest BCUT2D eigenvalue weighted by Gasteiger charge is 2.40. The molecule has 0 amide bonds. The molecule has 2 atom stereocenters. The van der Waals surface area contributed by atoms with Crippen LogP contribution in [0.2, 0.25) is 0 Å². The van der Waals surface area contributed by atoms with Crippen LogP contribution in [0.1, 0.15) is 19.8 Å². The average Bonchev–Trinajstić information content (AvgIpc) is 2.47. The van der Waals surface area contributed by atoms with Gasteiger partial charge in [-0.15, -0.1) is 0 Å². The smallest absolute Gasteiger partial charge is 0.0239 e. The lowest BCUT2D eigenvalue weighted by atomic mass is 10.2. The third kappa shape index (κ3) is 1.18. The third-order valence-corrected chi connectivity index (χ3v) is 3.14. The molecule has 64 valence electrons. The first-order valence-corrected chi connectivity index (χ1v) is 4.75. The highest BCUT2D eigenvalue weighted by atomic mass is 15.3. The summed E-state index contributed by atoms with van der Waals surface area (Å²) in [6.45, 7) is 6.23. The maximum absolute atomic E-state index is 2.66. The zero-order valence-electron chi connectivity index (χ0n) is 7.58. The van der Waals surface area contributed by atoms with Crippen molar-refractivity contribution in [3.63, 3.8) is 0 Å². The minimum atomic E-state index is 0.881. The van der Waals surface area contributed by atoms with E-state index in [-0.39, 0.29) is 0 Å². The van der Waals surface area contributed by atoms with E-state index >= 15 is 0 Å². The number of fused-ring (bicyclic) bond motifs is 2. The van der Waals surface area contributed by atoms with Crippen molar-refractivity contribution < 1.29 is 0 Å². The van der Waals surface area contributed by atoms with Gasteiger partial charge in [-0.25, -0.2) is 0 Å². The monoisotopic (exact) mass is 154 g/mol. The van der Waals surface area contributed by atoms with E-state index in [9.17, 15) is 0 Å². The molecular weight excluding hydrogens is 136 g/mol. The lowest BCUT2D eigenvalue weighted by molar-refractivity contribution is 0.150. The molecule has 2 fully saturated rings. The van der Waals surface area contributed by atoms with Crippen molar-refractivity contribution in [1.82, 2.24) is 9.80 Å². The maximum Gasteiger partial charge on any atom is 0.0239 e. The first-order chi connectivity index (χ1) is 5.31. The van der Waals surface area contributed by atoms with Gasteiger partial charge in [-0.2, -0.15) is 0 Å². The molecule has 0 aliphatic carbocycles. The molecule has 0 saturated carbocycles. The number of likely N-dealkylation sites (tertiary alicyclic amines) is 2. The second-order valence-corrected chi connectivity index (χ2v) is 3.98. The Morgan fingerprint density at radius 1 is 1.27 bits per heavy atom. The van der Waals surface area contributed by atoms with Crippen LogP contribution in [0.25, 0.3) is 0 Å². The molecule has 2 bridgehead atoms. The van der Waals surface area contributed by atoms with E-state index in [1.807, 2.05) is 0 Å². The molecule has 0 radical (unpaired) electrons. The summed E-state index contributed by atoms with van der Waals surface area (Å²) in [5.41, 5.74) is 0. The van der Waals surface area contributed by atoms with Gasteiger partial charge in [-0.3, -0.25) is 4.90 Å². The molecule has 0 aromatic heterocycles. The Labute approximate surface area is 69.2 Å². The van der Waals surface area contributed by atoms with Gasteiger partial charge in [0.25, 0.3) is 0 Å². The van der Waals surface area contributed by atoms with Gasteiger partial charge in [-0.1, -0.05) is 6.92 Å². The predicted molar refractivity (Wildman–Crippen MR) is 46.7 cm³/mol. The molecule has 2 unspecified atom stereocenters. The molecule has 0 spiro atoms. The Morgan fingerprint density at radius 3 is 2.55 bits per heavy atom. The van der Waals surface area contributed by atoms with E-state index in [0.717, 1.165) is 12.1 Å². The molecule has 11 heavy (non-hydrogen) atoms. The number of hydrogen-bond acceptors (Lipinski definition) is 2. The number of piperazine rings is 1. The van der Waals surface area contributed by atoms with Crippen LogP contribution in [0.3, 0.4) is 0 Å². The molecule has 0 aromatic rings. The number of hydrogen-bond donors (Lipinski definition) is 0. The van der Waals surface area contributed by atoms with Crippen LogP contribution in [0.5, 0.6) is 0 Å². The summed E-state index contributed by atoms with van der Waals surface area (Å²) in [5, 5.41) is 0. The predicted octanol–water partition coefficient (Wildman–Crippen LogP) is 0.785. The largest absolute Gasteiger partial charge is 0.301 e. The van der Waals surface area contributed by atoms with E-state index in [4.69, 9.17) is 0 Å². The van der Waals surface area contributed by atoms with Crippen molar-refractivity contribution in [3.8, 4) is 0 Å². The summed E-state index contributed by atoms with van der Waals surface area (Å²) in [5.74, 6) is 0. The summed E-state index contributed by atoms with van der Waals surface area (Å²) in [6, 6.07) is 1.77. The molecule has 2 rings (SSSR count). The van der Waals surface area contributed by atoms with Crippen LogP contribution in [0.15, 0.2) is 0 Å². The van der Waals surface area contributed by atoms with Crippen molar-refractivity contribution in [2.24, 2.45) is 0 Å². The van der Waals surface area contributed by atoms with Gasteiger partial charge >= 0.3 is 0 Å². The SMILES string of the molecule is CCCN1CC2CC1CN2C. The van der Waals surface area contributed by atoms with Gasteiger partial charge in [0.05, 0.1) is 0 Å². The van der Waals surface area contributed by atoms with Gasteiger partial charge in [0.15, 0.2) is 0 Å². The zero-order valence-corrected chi connectivity index (χ0v) is 7.58. The number of nitrogens with zero attached hydrogens (tertiary/aromatic N) is 2. The van der Waals surface area contributed by atoms with E-state index in [1.165, 1.54) is 32.5 Å². The zero-order chi connectivity index (χ0) is 7.84. The minimum absolute atomic E-state index is 0.881. The second-order valence-electron chi connectivity index (χ2n) is 3.98. The van der Waals surface area contributed by atoms with Crippen LogP contribution in [0.4, 0.5) is 0 Å². The molecular formula is C9H18N2. The van der Waals surface area contributed by atoms with E-state index in [2.05, 4.69) is 23.8 Å². The summed E-state index contributed by atoms with van der Waals surface area (Å²) in [4.78, 5) is 5.17. The quantitative estimate of drug-likeness (QED) is 0.580. The molecule has 2 heterocycles. The molecule has 2 heteroatoms. The average molecular weight is 154 g/mol. The van der Waals surface area contributed by atoms with Crippen molar-refractivity contribution in [2.75, 3.05) is 26.7 Å². The lowest BCUT2D eigenvalue weighted by Crippen LogP contribution is -2.44. The molecule has 2 aliphatic rings. The fourth-order valence-electron chi connectivity index (χ4n) is 2.51. The Bertz CT molecular complexity index is 144. The molecule has 2 saturated heterocycles. The molecule has 2 aliphatic heterocycles. The first kappa shape index (κ1) is 7.56. The fraction of sp³-hybridized carbons (Fsp3) is 1.00. The fourth-order valence-corrected chi connectivity index (χ4v) is 2.51. The van der Waals surface area contributed by atoms with Gasteiger partial charge in [-0.05, 0) is 26.4 Å². The normalized spacial score (nSPS) is 38.7. The standard InChI is InChI=1S/C9H18N2/c1-3-4-11-7-8-5-9(11)6-10(8)2/h8-9H,3-7H2,1-2H3. The van der Waals surface area contributed by atoms with E-state index in [1.54, 1.807) is 0 Å². The van der Waals surface area contributed by atoms with Crippen LogP contribution in [-0.2, 0) is 0 Å². The third-order valence-electron chi connectivity index (χ3n) is 3.14. The van der Waals surface area contributed by atoms with Gasteiger partial charge < -0.3 is 4.90 Å². The van der Waals surface area contributed by atoms with Gasteiger partial charge in [0.1, 0.15) is 0 Å². The highest BCUT2D eigenvalue weighted by molar-refractivity contribution is 4.97. The number of likely N-dealkylation sites (N-methyl/N-ethyl adjacent to an activating group) is 1. The second kappa shape index (κ2) is 2.76. The van der Waals surface area contributed by atoms with Crippen molar-refractivity contribution in [3.05, 3.63) is 0 Å². The van der Waals surface area contributed by atoms with Crippen LogP contribution in [0, 0.1) is 0 Å². The van der Waals surface area contributed by atoms with Crippen LogP contribution < -0.4 is 0 Å². The van der Waals surface area contributed by atoms with Crippen molar-refractivity contribution >= 4 is 0 Å². The van der Waals surface area contributed by atoms with E-state index in [0.29, 0.717) is 0 Å². The summed E-state index contributed by atoms with van der Waals surface area (Å²) in [6.07, 6.45) is 2.74. The number of rotatable bonds is 2. The van der Waals surface area contributed by atoms with Gasteiger partial charge in [0, 0.05) is 25.2 Å². The Balaban J connectivity index is 1.92. The Morgan fingerprint density at radius 2 is 2.09 bits per heavy atom. The van der Waals surface area contributed by atoms with Crippen LogP contribution >= 0.6 is 0 Å². The topological polar surface area (TPSA) is 6.48 Å². The van der Waals surface area contributed by atoms with Crippen molar-refractivity contribution in [1.29, 1.82) is 0 Å². The Hall–Kier alpha value is -0.0800. The summed E-state index contributed by atoms with van der Waals surface area (Å²) >= 11 is 0. The summed E-state index contributed by atoms with van der Waals surface area (Å²) in [7, 11) is 2.26. The van der Waals surface area contributed by atoms with E-state index < -0.39 is 0 Å². The van der Waals surface area contributed by atoms with Crippen molar-refractivity contribution in [2.45, 2.75) is 31.8 Å². The van der Waals surface area contributed by atoms with Crippen LogP contribution in [-0.4, -0.2) is 48.6 Å². The molecule has 0 N–H and O–H groups in total. The van der Waals surface area contributed by atoms with Gasteiger partial charge in [0.2, 0.25) is 0 Å². The molecule has 2 nitrogen and oxygen atoms in total. The highest BCUT2D eigenvalue weighted by Crippen LogP contribution is 2.28. The maximum atomic E-state index is 2.66. The minimum Gasteiger partial charge on any atom is -0.301 e. The molecule has 0 aromatic carbocycles.